The molecule has 0 saturated heterocycles. The van der Waals surface area contributed by atoms with Crippen molar-refractivity contribution in [2.24, 2.45) is 0 Å². The fourth-order valence-electron chi connectivity index (χ4n) is 5.34. The maximum atomic E-state index is 14.7. The summed E-state index contributed by atoms with van der Waals surface area (Å²) < 4.78 is 36.4. The van der Waals surface area contributed by atoms with Crippen molar-refractivity contribution in [1.82, 2.24) is 14.9 Å². The molecule has 4 aromatic rings. The highest BCUT2D eigenvalue weighted by molar-refractivity contribution is 5.97. The lowest BCUT2D eigenvalue weighted by molar-refractivity contribution is 0.0930. The van der Waals surface area contributed by atoms with Gasteiger partial charge in [-0.25, -0.2) is 13.3 Å². The second kappa shape index (κ2) is 9.37. The molecule has 0 spiro atoms. The van der Waals surface area contributed by atoms with E-state index >= 15 is 0 Å². The largest absolute Gasteiger partial charge is 0.497 e. The van der Waals surface area contributed by atoms with Crippen LogP contribution in [0, 0.1) is 18.6 Å². The van der Waals surface area contributed by atoms with Crippen molar-refractivity contribution in [1.29, 1.82) is 0 Å². The first-order valence-corrected chi connectivity index (χ1v) is 12.2. The van der Waals surface area contributed by atoms with Crippen molar-refractivity contribution in [2.75, 3.05) is 7.11 Å². The Hall–Kier alpha value is -3.74. The highest BCUT2D eigenvalue weighted by Crippen LogP contribution is 2.36. The summed E-state index contributed by atoms with van der Waals surface area (Å²) in [5.74, 6) is -0.734. The van der Waals surface area contributed by atoms with Crippen molar-refractivity contribution in [2.45, 2.75) is 52.0 Å². The number of hydrogen-bond acceptors (Lipinski definition) is 3. The highest BCUT2D eigenvalue weighted by atomic mass is 19.1. The summed E-state index contributed by atoms with van der Waals surface area (Å²) in [5.41, 5.74) is 4.84. The molecule has 0 aliphatic heterocycles. The van der Waals surface area contributed by atoms with Crippen molar-refractivity contribution in [3.8, 4) is 16.9 Å². The lowest BCUT2D eigenvalue weighted by Gasteiger charge is -2.27. The number of nitrogens with one attached hydrogen (secondary N) is 1. The van der Waals surface area contributed by atoms with E-state index in [1.807, 2.05) is 32.0 Å². The lowest BCUT2D eigenvalue weighted by Crippen LogP contribution is -2.32. The number of aromatic nitrogens is 2. The van der Waals surface area contributed by atoms with Crippen LogP contribution in [0.3, 0.4) is 0 Å². The van der Waals surface area contributed by atoms with Crippen LogP contribution in [0.5, 0.6) is 5.75 Å². The average molecular weight is 490 g/mol. The lowest BCUT2D eigenvalue weighted by atomic mass is 9.87. The SMILES string of the molecule is COc1ccc2c(c1)CCCC2NC(=O)c1ccc2c(-c3c(F)cccc3F)c(C)nn2c1C(C)C. The van der Waals surface area contributed by atoms with E-state index in [0.717, 1.165) is 30.6 Å². The first-order valence-electron chi connectivity index (χ1n) is 12.2. The number of rotatable bonds is 5. The molecular formula is C29H29F2N3O2. The molecule has 5 nitrogen and oxygen atoms in total. The molecule has 2 aromatic heterocycles. The van der Waals surface area contributed by atoms with Crippen LogP contribution in [0.2, 0.25) is 0 Å². The number of carbonyl (C=O) groups is 1. The van der Waals surface area contributed by atoms with Gasteiger partial charge < -0.3 is 10.1 Å². The van der Waals surface area contributed by atoms with E-state index in [-0.39, 0.29) is 23.4 Å². The zero-order chi connectivity index (χ0) is 25.6. The summed E-state index contributed by atoms with van der Waals surface area (Å²) in [7, 11) is 1.65. The Morgan fingerprint density at radius 1 is 1.11 bits per heavy atom. The van der Waals surface area contributed by atoms with Crippen LogP contribution < -0.4 is 10.1 Å². The van der Waals surface area contributed by atoms with E-state index in [4.69, 9.17) is 4.74 Å². The van der Waals surface area contributed by atoms with Crippen molar-refractivity contribution < 1.29 is 18.3 Å². The molecule has 5 rings (SSSR count). The van der Waals surface area contributed by atoms with Gasteiger partial charge in [0.15, 0.2) is 0 Å². The zero-order valence-electron chi connectivity index (χ0n) is 20.9. The van der Waals surface area contributed by atoms with Gasteiger partial charge in [-0.2, -0.15) is 5.10 Å². The number of methoxy groups -OCH3 is 1. The fourth-order valence-corrected chi connectivity index (χ4v) is 5.34. The monoisotopic (exact) mass is 489 g/mol. The normalized spacial score (nSPS) is 15.2. The topological polar surface area (TPSA) is 55.6 Å². The van der Waals surface area contributed by atoms with E-state index in [9.17, 15) is 13.6 Å². The molecule has 36 heavy (non-hydrogen) atoms. The number of nitrogens with zero attached hydrogens (tertiary/aromatic N) is 2. The summed E-state index contributed by atoms with van der Waals surface area (Å²) in [6.07, 6.45) is 2.77. The minimum absolute atomic E-state index is 0.0602. The van der Waals surface area contributed by atoms with E-state index in [0.29, 0.717) is 28.0 Å². The third-order valence-electron chi connectivity index (χ3n) is 6.98. The Kier molecular flexibility index (Phi) is 6.24. The Morgan fingerprint density at radius 2 is 1.86 bits per heavy atom. The summed E-state index contributed by atoms with van der Waals surface area (Å²) in [6, 6.07) is 13.2. The molecule has 1 N–H and O–H groups in total. The minimum atomic E-state index is -0.645. The summed E-state index contributed by atoms with van der Waals surface area (Å²) in [5, 5.41) is 7.85. The molecule has 2 heterocycles. The minimum Gasteiger partial charge on any atom is -0.497 e. The quantitative estimate of drug-likeness (QED) is 0.347. The molecule has 0 saturated carbocycles. The molecule has 1 amide bonds. The van der Waals surface area contributed by atoms with Gasteiger partial charge in [0.25, 0.3) is 5.91 Å². The number of hydrogen-bond donors (Lipinski definition) is 1. The van der Waals surface area contributed by atoms with E-state index < -0.39 is 11.6 Å². The van der Waals surface area contributed by atoms with Crippen LogP contribution in [0.4, 0.5) is 8.78 Å². The third-order valence-corrected chi connectivity index (χ3v) is 6.98. The molecule has 0 bridgehead atoms. The number of benzene rings is 2. The average Bonchev–Trinajstić information content (AvgIpc) is 3.18. The van der Waals surface area contributed by atoms with Crippen LogP contribution in [-0.4, -0.2) is 22.6 Å². The number of pyridine rings is 1. The highest BCUT2D eigenvalue weighted by Gasteiger charge is 2.27. The first kappa shape index (κ1) is 24.0. The summed E-state index contributed by atoms with van der Waals surface area (Å²) >= 11 is 0. The Labute approximate surface area is 209 Å². The zero-order valence-corrected chi connectivity index (χ0v) is 20.9. The van der Waals surface area contributed by atoms with E-state index in [2.05, 4.69) is 10.4 Å². The second-order valence-electron chi connectivity index (χ2n) is 9.62. The fraction of sp³-hybridized carbons (Fsp3) is 0.310. The van der Waals surface area contributed by atoms with Gasteiger partial charge in [0.1, 0.15) is 17.4 Å². The predicted molar refractivity (Wildman–Crippen MR) is 136 cm³/mol. The molecule has 0 radical (unpaired) electrons. The van der Waals surface area contributed by atoms with Crippen LogP contribution in [0.25, 0.3) is 16.6 Å². The molecule has 0 fully saturated rings. The number of fused-ring (bicyclic) bond motifs is 2. The standard InChI is InChI=1S/C29H29F2N3O2/c1-16(2)28-21(29(35)32-24-10-5-7-18-15-19(36-4)11-12-20(18)24)13-14-25-26(17(3)33-34(25)28)27-22(30)8-6-9-23(27)31/h6,8-9,11-16,24H,5,7,10H2,1-4H3,(H,32,35). The predicted octanol–water partition coefficient (Wildman–Crippen LogP) is 6.53. The van der Waals surface area contributed by atoms with Gasteiger partial charge in [-0.1, -0.05) is 26.0 Å². The Bertz CT molecular complexity index is 1460. The van der Waals surface area contributed by atoms with Gasteiger partial charge in [-0.3, -0.25) is 4.79 Å². The van der Waals surface area contributed by atoms with Crippen LogP contribution in [0.1, 0.15) is 71.5 Å². The molecule has 7 heteroatoms. The van der Waals surface area contributed by atoms with Crippen molar-refractivity contribution >= 4 is 11.4 Å². The summed E-state index contributed by atoms with van der Waals surface area (Å²) in [4.78, 5) is 13.6. The van der Waals surface area contributed by atoms with Gasteiger partial charge in [0.05, 0.1) is 41.2 Å². The molecule has 2 aromatic carbocycles. The maximum Gasteiger partial charge on any atom is 0.253 e. The van der Waals surface area contributed by atoms with Crippen LogP contribution in [-0.2, 0) is 6.42 Å². The van der Waals surface area contributed by atoms with Gasteiger partial charge >= 0.3 is 0 Å². The van der Waals surface area contributed by atoms with E-state index in [1.54, 1.807) is 30.7 Å². The molecular weight excluding hydrogens is 460 g/mol. The number of halogens is 2. The molecule has 1 atom stereocenters. The van der Waals surface area contributed by atoms with Crippen molar-refractivity contribution in [3.63, 3.8) is 0 Å². The number of carbonyl (C=O) groups excluding carboxylic acids is 1. The second-order valence-corrected chi connectivity index (χ2v) is 9.62. The van der Waals surface area contributed by atoms with Gasteiger partial charge in [-0.15, -0.1) is 0 Å². The van der Waals surface area contributed by atoms with E-state index in [1.165, 1.54) is 23.8 Å². The maximum absolute atomic E-state index is 14.7. The molecule has 1 aliphatic carbocycles. The molecule has 1 aliphatic rings. The van der Waals surface area contributed by atoms with Gasteiger partial charge in [-0.05, 0) is 79.6 Å². The first-order chi connectivity index (χ1) is 17.3. The van der Waals surface area contributed by atoms with Crippen LogP contribution in [0.15, 0.2) is 48.5 Å². The van der Waals surface area contributed by atoms with Crippen LogP contribution >= 0.6 is 0 Å². The molecule has 186 valence electrons. The smallest absolute Gasteiger partial charge is 0.253 e. The number of ether oxygens (including phenoxy) is 1. The number of amides is 1. The van der Waals surface area contributed by atoms with Gasteiger partial charge in [0.2, 0.25) is 0 Å². The Balaban J connectivity index is 1.57. The summed E-state index contributed by atoms with van der Waals surface area (Å²) in [6.45, 7) is 5.69. The number of aryl methyl sites for hydroxylation is 2. The Morgan fingerprint density at radius 3 is 2.56 bits per heavy atom. The van der Waals surface area contributed by atoms with Gasteiger partial charge in [0, 0.05) is 5.56 Å². The van der Waals surface area contributed by atoms with Crippen molar-refractivity contribution in [3.05, 3.63) is 88.2 Å². The third kappa shape index (κ3) is 4.02. The molecule has 1 unspecified atom stereocenters.